The van der Waals surface area contributed by atoms with Gasteiger partial charge in [-0.15, -0.1) is 0 Å². The van der Waals surface area contributed by atoms with Gasteiger partial charge in [0.25, 0.3) is 0 Å². The fraction of sp³-hybridized carbons (Fsp3) is 0.923. The van der Waals surface area contributed by atoms with Crippen LogP contribution in [0, 0.1) is 5.41 Å². The molecule has 2 atom stereocenters. The maximum Gasteiger partial charge on any atom is 0.325 e. The van der Waals surface area contributed by atoms with Gasteiger partial charge in [0.1, 0.15) is 6.04 Å². The Morgan fingerprint density at radius 2 is 2.17 bits per heavy atom. The Morgan fingerprint density at radius 3 is 2.67 bits per heavy atom. The van der Waals surface area contributed by atoms with Gasteiger partial charge in [0.2, 0.25) is 0 Å². The molecule has 1 saturated carbocycles. The molecule has 104 valence electrons. The third-order valence-corrected chi connectivity index (χ3v) is 4.25. The van der Waals surface area contributed by atoms with Gasteiger partial charge in [0.05, 0.1) is 32.5 Å². The van der Waals surface area contributed by atoms with Gasteiger partial charge in [-0.3, -0.25) is 4.79 Å². The van der Waals surface area contributed by atoms with Crippen LogP contribution in [-0.2, 0) is 19.0 Å². The van der Waals surface area contributed by atoms with Crippen LogP contribution < -0.4 is 5.73 Å². The molecule has 5 nitrogen and oxygen atoms in total. The van der Waals surface area contributed by atoms with Crippen LogP contribution >= 0.6 is 0 Å². The SMILES string of the molecule is COC(=O)[C@@H](N)[C@@H](C)OCC12CCC(CC1)OC2. The summed E-state index contributed by atoms with van der Waals surface area (Å²) in [5.74, 6) is -0.427. The van der Waals surface area contributed by atoms with Crippen LogP contribution in [0.5, 0.6) is 0 Å². The van der Waals surface area contributed by atoms with Crippen molar-refractivity contribution in [2.75, 3.05) is 20.3 Å². The first-order valence-corrected chi connectivity index (χ1v) is 6.63. The number of esters is 1. The van der Waals surface area contributed by atoms with Gasteiger partial charge in [-0.2, -0.15) is 0 Å². The first-order valence-electron chi connectivity index (χ1n) is 6.63. The van der Waals surface area contributed by atoms with Gasteiger partial charge < -0.3 is 19.9 Å². The van der Waals surface area contributed by atoms with E-state index in [0.717, 1.165) is 32.3 Å². The molecule has 2 saturated heterocycles. The van der Waals surface area contributed by atoms with E-state index in [2.05, 4.69) is 4.74 Å². The van der Waals surface area contributed by atoms with E-state index in [0.29, 0.717) is 12.7 Å². The van der Waals surface area contributed by atoms with Gasteiger partial charge in [-0.05, 0) is 32.6 Å². The largest absolute Gasteiger partial charge is 0.468 e. The van der Waals surface area contributed by atoms with Crippen molar-refractivity contribution in [1.82, 2.24) is 0 Å². The van der Waals surface area contributed by atoms with Gasteiger partial charge in [-0.25, -0.2) is 0 Å². The van der Waals surface area contributed by atoms with Crippen molar-refractivity contribution < 1.29 is 19.0 Å². The molecule has 1 aliphatic carbocycles. The molecule has 18 heavy (non-hydrogen) atoms. The Balaban J connectivity index is 1.81. The summed E-state index contributed by atoms with van der Waals surface area (Å²) in [6.07, 6.45) is 4.69. The first-order chi connectivity index (χ1) is 8.56. The third kappa shape index (κ3) is 2.84. The number of ether oxygens (including phenoxy) is 3. The molecule has 2 bridgehead atoms. The van der Waals surface area contributed by atoms with E-state index in [9.17, 15) is 4.79 Å². The molecule has 0 aromatic rings. The van der Waals surface area contributed by atoms with Crippen molar-refractivity contribution in [2.24, 2.45) is 11.1 Å². The number of methoxy groups -OCH3 is 1. The lowest BCUT2D eigenvalue weighted by Gasteiger charge is -2.46. The molecule has 3 aliphatic rings. The molecule has 0 amide bonds. The normalized spacial score (nSPS) is 34.1. The number of fused-ring (bicyclic) bond motifs is 3. The Labute approximate surface area is 108 Å². The highest BCUT2D eigenvalue weighted by atomic mass is 16.5. The monoisotopic (exact) mass is 257 g/mol. The van der Waals surface area contributed by atoms with Crippen molar-refractivity contribution in [2.45, 2.75) is 50.9 Å². The van der Waals surface area contributed by atoms with E-state index in [4.69, 9.17) is 15.2 Å². The van der Waals surface area contributed by atoms with Crippen LogP contribution in [0.2, 0.25) is 0 Å². The van der Waals surface area contributed by atoms with E-state index >= 15 is 0 Å². The molecule has 0 unspecified atom stereocenters. The minimum Gasteiger partial charge on any atom is -0.468 e. The minimum atomic E-state index is -0.716. The van der Waals surface area contributed by atoms with Gasteiger partial charge in [-0.1, -0.05) is 0 Å². The molecule has 2 N–H and O–H groups in total. The van der Waals surface area contributed by atoms with Gasteiger partial charge in [0.15, 0.2) is 0 Å². The highest BCUT2D eigenvalue weighted by Crippen LogP contribution is 2.43. The predicted octanol–water partition coefficient (Wildman–Crippen LogP) is 0.851. The van der Waals surface area contributed by atoms with Crippen molar-refractivity contribution in [3.8, 4) is 0 Å². The summed E-state index contributed by atoms with van der Waals surface area (Å²) in [6.45, 7) is 3.21. The molecule has 3 fully saturated rings. The zero-order chi connectivity index (χ0) is 13.2. The number of nitrogens with two attached hydrogens (primary N) is 1. The number of hydrogen-bond donors (Lipinski definition) is 1. The number of rotatable bonds is 5. The molecule has 3 rings (SSSR count). The number of carbonyl (C=O) groups is 1. The van der Waals surface area contributed by atoms with Gasteiger partial charge >= 0.3 is 5.97 Å². The van der Waals surface area contributed by atoms with Crippen molar-refractivity contribution in [1.29, 1.82) is 0 Å². The van der Waals surface area contributed by atoms with Crippen LogP contribution in [-0.4, -0.2) is 44.5 Å². The second-order valence-corrected chi connectivity index (χ2v) is 5.58. The molecule has 2 aliphatic heterocycles. The average Bonchev–Trinajstić information content (AvgIpc) is 2.45. The standard InChI is InChI=1S/C13H23NO4/c1-9(11(14)12(15)16-2)17-7-13-5-3-10(4-6-13)18-8-13/h9-11H,3-8,14H2,1-2H3/t9-,10?,11+,13?/m1/s1. The van der Waals surface area contributed by atoms with Crippen molar-refractivity contribution >= 4 is 5.97 Å². The molecule has 0 aromatic carbocycles. The van der Waals surface area contributed by atoms with Crippen molar-refractivity contribution in [3.63, 3.8) is 0 Å². The molecule has 0 aromatic heterocycles. The highest BCUT2D eigenvalue weighted by molar-refractivity contribution is 5.75. The fourth-order valence-electron chi connectivity index (χ4n) is 2.73. The Kier molecular flexibility index (Phi) is 4.25. The van der Waals surface area contributed by atoms with Crippen molar-refractivity contribution in [3.05, 3.63) is 0 Å². The molecule has 0 spiro atoms. The summed E-state index contributed by atoms with van der Waals surface area (Å²) >= 11 is 0. The summed E-state index contributed by atoms with van der Waals surface area (Å²) in [4.78, 5) is 11.3. The van der Waals surface area contributed by atoms with E-state index in [1.54, 1.807) is 0 Å². The van der Waals surface area contributed by atoms with Crippen LogP contribution in [0.25, 0.3) is 0 Å². The molecular formula is C13H23NO4. The number of hydrogen-bond acceptors (Lipinski definition) is 5. The number of carbonyl (C=O) groups excluding carboxylic acids is 1. The quantitative estimate of drug-likeness (QED) is 0.739. The Morgan fingerprint density at radius 1 is 1.50 bits per heavy atom. The van der Waals surface area contributed by atoms with Crippen LogP contribution in [0.15, 0.2) is 0 Å². The van der Waals surface area contributed by atoms with E-state index in [1.165, 1.54) is 7.11 Å². The van der Waals surface area contributed by atoms with Crippen LogP contribution in [0.3, 0.4) is 0 Å². The maximum atomic E-state index is 11.3. The summed E-state index contributed by atoms with van der Waals surface area (Å²) in [6, 6.07) is -0.716. The molecule has 5 heteroatoms. The fourth-order valence-corrected chi connectivity index (χ4v) is 2.73. The van der Waals surface area contributed by atoms with Crippen LogP contribution in [0.4, 0.5) is 0 Å². The van der Waals surface area contributed by atoms with E-state index < -0.39 is 12.0 Å². The second kappa shape index (κ2) is 5.55. The summed E-state index contributed by atoms with van der Waals surface area (Å²) < 4.78 is 16.1. The smallest absolute Gasteiger partial charge is 0.325 e. The topological polar surface area (TPSA) is 70.8 Å². The van der Waals surface area contributed by atoms with Gasteiger partial charge in [0, 0.05) is 5.41 Å². The minimum absolute atomic E-state index is 0.138. The third-order valence-electron chi connectivity index (χ3n) is 4.25. The van der Waals surface area contributed by atoms with Crippen LogP contribution in [0.1, 0.15) is 32.6 Å². The Hall–Kier alpha value is -0.650. The molecule has 0 radical (unpaired) electrons. The predicted molar refractivity (Wildman–Crippen MR) is 66.0 cm³/mol. The molecule has 2 heterocycles. The average molecular weight is 257 g/mol. The second-order valence-electron chi connectivity index (χ2n) is 5.58. The summed E-state index contributed by atoms with van der Waals surface area (Å²) in [5.41, 5.74) is 5.89. The summed E-state index contributed by atoms with van der Waals surface area (Å²) in [5, 5.41) is 0. The zero-order valence-corrected chi connectivity index (χ0v) is 11.2. The molecular weight excluding hydrogens is 234 g/mol. The Bertz CT molecular complexity index is 286. The lowest BCUT2D eigenvalue weighted by molar-refractivity contribution is -0.158. The first kappa shape index (κ1) is 13.8. The highest BCUT2D eigenvalue weighted by Gasteiger charge is 2.42. The van der Waals surface area contributed by atoms with E-state index in [1.807, 2.05) is 6.92 Å². The lowest BCUT2D eigenvalue weighted by atomic mass is 9.72. The summed E-state index contributed by atoms with van der Waals surface area (Å²) in [7, 11) is 1.34. The zero-order valence-electron chi connectivity index (χ0n) is 11.2. The maximum absolute atomic E-state index is 11.3. The lowest BCUT2D eigenvalue weighted by Crippen LogP contribution is -2.48. The van der Waals surface area contributed by atoms with E-state index in [-0.39, 0.29) is 11.5 Å².